The summed E-state index contributed by atoms with van der Waals surface area (Å²) < 4.78 is 0. The zero-order valence-corrected chi connectivity index (χ0v) is 3.44. The molecule has 1 heterocycles. The molecule has 1 radical (unpaired) electrons. The fourth-order valence-electron chi connectivity index (χ4n) is 0.361. The second-order valence-corrected chi connectivity index (χ2v) is 1.12. The maximum absolute atomic E-state index is 2.96. The third-order valence-electron chi connectivity index (χ3n) is 0.635. The Balaban J connectivity index is 2.40. The van der Waals surface area contributed by atoms with E-state index in [-0.39, 0.29) is 0 Å². The lowest BCUT2D eigenvalue weighted by Crippen LogP contribution is -1.93. The molecule has 1 nitrogen and oxygen atoms in total. The third-order valence-corrected chi connectivity index (χ3v) is 0.635. The first-order valence-corrected chi connectivity index (χ1v) is 1.96. The van der Waals surface area contributed by atoms with E-state index in [2.05, 4.69) is 11.4 Å². The molecule has 0 aromatic carbocycles. The highest BCUT2D eigenvalue weighted by molar-refractivity contribution is 4.94. The lowest BCUT2D eigenvalue weighted by molar-refractivity contribution is 1.09. The molecule has 1 aliphatic heterocycles. The van der Waals surface area contributed by atoms with Crippen molar-refractivity contribution in [3.05, 3.63) is 24.6 Å². The number of hydrogen-bond acceptors (Lipinski definition) is 1. The van der Waals surface area contributed by atoms with Gasteiger partial charge < -0.3 is 5.32 Å². The van der Waals surface area contributed by atoms with Crippen LogP contribution in [0.25, 0.3) is 0 Å². The van der Waals surface area contributed by atoms with E-state index < -0.39 is 0 Å². The van der Waals surface area contributed by atoms with Gasteiger partial charge in [-0.2, -0.15) is 0 Å². The van der Waals surface area contributed by atoms with Crippen LogP contribution in [0.2, 0.25) is 0 Å². The highest BCUT2D eigenvalue weighted by Gasteiger charge is 1.74. The van der Waals surface area contributed by atoms with Crippen LogP contribution in [-0.4, -0.2) is 0 Å². The molecule has 1 aliphatic rings. The Labute approximate surface area is 37.4 Å². The van der Waals surface area contributed by atoms with Gasteiger partial charge in [-0.1, -0.05) is 6.08 Å². The Morgan fingerprint density at radius 3 is 2.83 bits per heavy atom. The minimum absolute atomic E-state index is 0.951. The summed E-state index contributed by atoms with van der Waals surface area (Å²) in [5.74, 6) is 0. The molecule has 0 fully saturated rings. The van der Waals surface area contributed by atoms with Crippen molar-refractivity contribution in [2.45, 2.75) is 6.42 Å². The van der Waals surface area contributed by atoms with Gasteiger partial charge in [0.25, 0.3) is 0 Å². The minimum Gasteiger partial charge on any atom is -0.368 e. The molecule has 0 spiro atoms. The van der Waals surface area contributed by atoms with Crippen molar-refractivity contribution in [3.8, 4) is 0 Å². The molecule has 0 atom stereocenters. The summed E-state index contributed by atoms with van der Waals surface area (Å²) in [6.45, 7) is 0. The van der Waals surface area contributed by atoms with E-state index in [1.54, 1.807) is 6.20 Å². The predicted molar refractivity (Wildman–Crippen MR) is 24.7 cm³/mol. The van der Waals surface area contributed by atoms with Crippen molar-refractivity contribution in [1.29, 1.82) is 0 Å². The maximum atomic E-state index is 2.96. The molecule has 1 N–H and O–H groups in total. The first-order chi connectivity index (χ1) is 3.00. The van der Waals surface area contributed by atoms with Gasteiger partial charge in [0.2, 0.25) is 0 Å². The molecule has 0 amide bonds. The fourth-order valence-corrected chi connectivity index (χ4v) is 0.361. The van der Waals surface area contributed by atoms with Crippen molar-refractivity contribution in [2.24, 2.45) is 0 Å². The summed E-state index contributed by atoms with van der Waals surface area (Å²) in [6.07, 6.45) is 9.63. The van der Waals surface area contributed by atoms with Gasteiger partial charge in [-0.15, -0.1) is 0 Å². The molecular formula is C5H6N. The van der Waals surface area contributed by atoms with Crippen molar-refractivity contribution >= 4 is 0 Å². The van der Waals surface area contributed by atoms with Crippen molar-refractivity contribution in [2.75, 3.05) is 0 Å². The third kappa shape index (κ3) is 0.612. The van der Waals surface area contributed by atoms with Gasteiger partial charge in [0.05, 0.1) is 0 Å². The standard InChI is InChI=1S/C5H6N/c1-2-4-6-5-3-1/h2,4-6H,1H2. The Hall–Kier alpha value is -0.720. The van der Waals surface area contributed by atoms with Crippen LogP contribution in [0.5, 0.6) is 0 Å². The lowest BCUT2D eigenvalue weighted by Gasteiger charge is -1.91. The molecule has 0 aromatic heterocycles. The molecule has 31 valence electrons. The Kier molecular flexibility index (Phi) is 0.955. The maximum Gasteiger partial charge on any atom is 0.00432 e. The summed E-state index contributed by atoms with van der Waals surface area (Å²) in [5, 5.41) is 2.87. The average Bonchev–Trinajstić information content (AvgIpc) is 1.72. The summed E-state index contributed by atoms with van der Waals surface area (Å²) in [6, 6.07) is 0. The van der Waals surface area contributed by atoms with E-state index in [0.717, 1.165) is 6.42 Å². The molecule has 1 rings (SSSR count). The first-order valence-electron chi connectivity index (χ1n) is 1.96. The van der Waals surface area contributed by atoms with Crippen molar-refractivity contribution in [1.82, 2.24) is 5.32 Å². The molecule has 0 aliphatic carbocycles. The van der Waals surface area contributed by atoms with E-state index in [0.29, 0.717) is 0 Å². The summed E-state index contributed by atoms with van der Waals surface area (Å²) >= 11 is 0. The molecule has 0 aromatic rings. The minimum atomic E-state index is 0.951. The van der Waals surface area contributed by atoms with Crippen LogP contribution < -0.4 is 5.32 Å². The number of nitrogens with one attached hydrogen (secondary N) is 1. The number of hydrogen-bond donors (Lipinski definition) is 1. The summed E-state index contributed by atoms with van der Waals surface area (Å²) in [7, 11) is 0. The van der Waals surface area contributed by atoms with Crippen molar-refractivity contribution < 1.29 is 0 Å². The molecule has 6 heavy (non-hydrogen) atoms. The summed E-state index contributed by atoms with van der Waals surface area (Å²) in [4.78, 5) is 0. The molecule has 0 saturated heterocycles. The van der Waals surface area contributed by atoms with Crippen LogP contribution in [0.4, 0.5) is 0 Å². The van der Waals surface area contributed by atoms with Gasteiger partial charge in [0.1, 0.15) is 0 Å². The average molecular weight is 80.1 g/mol. The van der Waals surface area contributed by atoms with E-state index >= 15 is 0 Å². The summed E-state index contributed by atoms with van der Waals surface area (Å²) in [5.41, 5.74) is 0. The van der Waals surface area contributed by atoms with Gasteiger partial charge in [0.15, 0.2) is 0 Å². The van der Waals surface area contributed by atoms with Crippen LogP contribution in [-0.2, 0) is 0 Å². The quantitative estimate of drug-likeness (QED) is 0.454. The van der Waals surface area contributed by atoms with Gasteiger partial charge in [0, 0.05) is 6.20 Å². The molecular weight excluding hydrogens is 74.1 g/mol. The van der Waals surface area contributed by atoms with E-state index in [9.17, 15) is 0 Å². The molecule has 0 saturated carbocycles. The van der Waals surface area contributed by atoms with Crippen LogP contribution in [0.3, 0.4) is 0 Å². The Morgan fingerprint density at radius 1 is 1.67 bits per heavy atom. The van der Waals surface area contributed by atoms with Crippen LogP contribution >= 0.6 is 0 Å². The second-order valence-electron chi connectivity index (χ2n) is 1.12. The number of dihydropyridines is 1. The lowest BCUT2D eigenvalue weighted by atomic mass is 10.4. The molecule has 1 heteroatoms. The van der Waals surface area contributed by atoms with Gasteiger partial charge in [-0.05, 0) is 18.7 Å². The monoisotopic (exact) mass is 80.1 g/mol. The zero-order valence-electron chi connectivity index (χ0n) is 3.44. The SMILES string of the molecule is [C]1=CNC=CC1. The van der Waals surface area contributed by atoms with Crippen LogP contribution in [0.15, 0.2) is 18.5 Å². The Morgan fingerprint density at radius 2 is 2.67 bits per heavy atom. The van der Waals surface area contributed by atoms with E-state index in [1.165, 1.54) is 0 Å². The van der Waals surface area contributed by atoms with Gasteiger partial charge in [-0.3, -0.25) is 0 Å². The highest BCUT2D eigenvalue weighted by Crippen LogP contribution is 1.85. The largest absolute Gasteiger partial charge is 0.368 e. The van der Waals surface area contributed by atoms with E-state index in [1.807, 2.05) is 12.3 Å². The topological polar surface area (TPSA) is 12.0 Å². The normalized spacial score (nSPS) is 17.3. The fraction of sp³-hybridized carbons (Fsp3) is 0.200. The van der Waals surface area contributed by atoms with Gasteiger partial charge in [-0.25, -0.2) is 0 Å². The highest BCUT2D eigenvalue weighted by atomic mass is 14.8. The number of rotatable bonds is 0. The zero-order chi connectivity index (χ0) is 4.24. The first kappa shape index (κ1) is 3.47. The molecule has 0 unspecified atom stereocenters. The number of allylic oxidation sites excluding steroid dienone is 2. The van der Waals surface area contributed by atoms with Crippen LogP contribution in [0.1, 0.15) is 6.42 Å². The van der Waals surface area contributed by atoms with Gasteiger partial charge >= 0.3 is 0 Å². The van der Waals surface area contributed by atoms with E-state index in [4.69, 9.17) is 0 Å². The molecule has 0 bridgehead atoms. The van der Waals surface area contributed by atoms with Crippen LogP contribution in [0, 0.1) is 6.08 Å². The Bertz CT molecular complexity index is 61.9. The van der Waals surface area contributed by atoms with Crippen molar-refractivity contribution in [3.63, 3.8) is 0 Å². The second kappa shape index (κ2) is 1.65. The predicted octanol–water partition coefficient (Wildman–Crippen LogP) is 0.810. The smallest absolute Gasteiger partial charge is 0.00432 e.